The first-order valence-corrected chi connectivity index (χ1v) is 7.07. The van der Waals surface area contributed by atoms with Crippen molar-refractivity contribution >= 4 is 5.82 Å². The third-order valence-corrected chi connectivity index (χ3v) is 3.29. The van der Waals surface area contributed by atoms with E-state index >= 15 is 0 Å². The normalized spacial score (nSPS) is 19.8. The summed E-state index contributed by atoms with van der Waals surface area (Å²) < 4.78 is 5.61. The van der Waals surface area contributed by atoms with Crippen molar-refractivity contribution in [1.29, 1.82) is 0 Å². The molecule has 5 nitrogen and oxygen atoms in total. The van der Waals surface area contributed by atoms with E-state index in [9.17, 15) is 0 Å². The van der Waals surface area contributed by atoms with E-state index in [-0.39, 0.29) is 6.10 Å². The highest BCUT2D eigenvalue weighted by Crippen LogP contribution is 2.22. The van der Waals surface area contributed by atoms with Gasteiger partial charge in [0.05, 0.1) is 18.5 Å². The first-order chi connectivity index (χ1) is 9.19. The number of rotatable bonds is 5. The van der Waals surface area contributed by atoms with E-state index in [1.54, 1.807) is 6.20 Å². The van der Waals surface area contributed by atoms with Gasteiger partial charge in [0, 0.05) is 13.1 Å². The molecule has 1 N–H and O–H groups in total. The first-order valence-electron chi connectivity index (χ1n) is 7.07. The quantitative estimate of drug-likeness (QED) is 0.877. The molecule has 1 fully saturated rings. The Balaban J connectivity index is 2.04. The molecule has 1 aliphatic heterocycles. The van der Waals surface area contributed by atoms with Gasteiger partial charge in [0.15, 0.2) is 5.82 Å². The van der Waals surface area contributed by atoms with Gasteiger partial charge in [-0.2, -0.15) is 4.98 Å². The van der Waals surface area contributed by atoms with Crippen LogP contribution in [0.25, 0.3) is 0 Å². The number of nitrogens with one attached hydrogen (secondary N) is 1. The Morgan fingerprint density at radius 1 is 1.47 bits per heavy atom. The van der Waals surface area contributed by atoms with Crippen molar-refractivity contribution < 1.29 is 4.74 Å². The Labute approximate surface area is 115 Å². The standard InChI is InChI=1S/C14H24N4O/c1-11(2)19-14-9-16-8-13(17-14)18-6-4-5-12(10-18)7-15-3/h8-9,11-12,15H,4-7,10H2,1-3H3. The van der Waals surface area contributed by atoms with Gasteiger partial charge in [-0.3, -0.25) is 4.98 Å². The Kier molecular flexibility index (Phi) is 4.96. The second-order valence-corrected chi connectivity index (χ2v) is 5.39. The fourth-order valence-corrected chi connectivity index (χ4v) is 2.52. The number of ether oxygens (including phenoxy) is 1. The number of piperidine rings is 1. The van der Waals surface area contributed by atoms with Gasteiger partial charge in [-0.05, 0) is 46.2 Å². The molecule has 1 saturated heterocycles. The molecule has 0 amide bonds. The molecule has 19 heavy (non-hydrogen) atoms. The van der Waals surface area contributed by atoms with Crippen molar-refractivity contribution in [2.75, 3.05) is 31.6 Å². The second-order valence-electron chi connectivity index (χ2n) is 5.39. The maximum absolute atomic E-state index is 5.61. The molecule has 0 spiro atoms. The van der Waals surface area contributed by atoms with E-state index < -0.39 is 0 Å². The summed E-state index contributed by atoms with van der Waals surface area (Å²) in [6.07, 6.45) is 6.13. The highest BCUT2D eigenvalue weighted by molar-refractivity contribution is 5.38. The fraction of sp³-hybridized carbons (Fsp3) is 0.714. The van der Waals surface area contributed by atoms with Crippen molar-refractivity contribution in [2.45, 2.75) is 32.8 Å². The van der Waals surface area contributed by atoms with E-state index in [1.807, 2.05) is 27.1 Å². The molecule has 2 heterocycles. The van der Waals surface area contributed by atoms with Gasteiger partial charge in [-0.15, -0.1) is 0 Å². The van der Waals surface area contributed by atoms with Crippen molar-refractivity contribution in [3.8, 4) is 5.88 Å². The van der Waals surface area contributed by atoms with Crippen LogP contribution in [0.2, 0.25) is 0 Å². The zero-order valence-electron chi connectivity index (χ0n) is 12.1. The minimum Gasteiger partial charge on any atom is -0.474 e. The van der Waals surface area contributed by atoms with E-state index in [2.05, 4.69) is 20.2 Å². The molecule has 0 radical (unpaired) electrons. The van der Waals surface area contributed by atoms with Gasteiger partial charge in [-0.1, -0.05) is 0 Å². The Morgan fingerprint density at radius 3 is 3.05 bits per heavy atom. The van der Waals surface area contributed by atoms with Gasteiger partial charge < -0.3 is 15.0 Å². The first kappa shape index (κ1) is 14.1. The van der Waals surface area contributed by atoms with Crippen LogP contribution in [0.5, 0.6) is 5.88 Å². The van der Waals surface area contributed by atoms with Gasteiger partial charge >= 0.3 is 0 Å². The predicted molar refractivity (Wildman–Crippen MR) is 76.7 cm³/mol. The van der Waals surface area contributed by atoms with Crippen molar-refractivity contribution in [2.24, 2.45) is 5.92 Å². The molecule has 5 heteroatoms. The molecule has 0 saturated carbocycles. The number of anilines is 1. The predicted octanol–water partition coefficient (Wildman–Crippen LogP) is 1.70. The lowest BCUT2D eigenvalue weighted by Gasteiger charge is -2.33. The second kappa shape index (κ2) is 6.70. The van der Waals surface area contributed by atoms with Crippen LogP contribution in [0.15, 0.2) is 12.4 Å². The van der Waals surface area contributed by atoms with Crippen LogP contribution >= 0.6 is 0 Å². The van der Waals surface area contributed by atoms with Crippen LogP contribution in [0.3, 0.4) is 0 Å². The van der Waals surface area contributed by atoms with E-state index in [0.717, 1.165) is 25.5 Å². The molecule has 1 aromatic heterocycles. The van der Waals surface area contributed by atoms with Gasteiger partial charge in [-0.25, -0.2) is 0 Å². The number of hydrogen-bond donors (Lipinski definition) is 1. The molecular formula is C14H24N4O. The smallest absolute Gasteiger partial charge is 0.234 e. The highest BCUT2D eigenvalue weighted by Gasteiger charge is 2.20. The lowest BCUT2D eigenvalue weighted by atomic mass is 9.98. The summed E-state index contributed by atoms with van der Waals surface area (Å²) in [7, 11) is 2.01. The van der Waals surface area contributed by atoms with Crippen molar-refractivity contribution in [1.82, 2.24) is 15.3 Å². The fourth-order valence-electron chi connectivity index (χ4n) is 2.52. The monoisotopic (exact) mass is 264 g/mol. The third kappa shape index (κ3) is 4.06. The molecule has 2 rings (SSSR count). The Morgan fingerprint density at radius 2 is 2.32 bits per heavy atom. The number of aromatic nitrogens is 2. The number of hydrogen-bond acceptors (Lipinski definition) is 5. The summed E-state index contributed by atoms with van der Waals surface area (Å²) in [5.41, 5.74) is 0. The van der Waals surface area contributed by atoms with Gasteiger partial charge in [0.25, 0.3) is 0 Å². The molecule has 1 unspecified atom stereocenters. The van der Waals surface area contributed by atoms with Crippen molar-refractivity contribution in [3.63, 3.8) is 0 Å². The summed E-state index contributed by atoms with van der Waals surface area (Å²) in [5, 5.41) is 3.26. The molecular weight excluding hydrogens is 240 g/mol. The summed E-state index contributed by atoms with van der Waals surface area (Å²) >= 11 is 0. The molecule has 106 valence electrons. The maximum atomic E-state index is 5.61. The Hall–Kier alpha value is -1.36. The lowest BCUT2D eigenvalue weighted by Crippen LogP contribution is -2.39. The zero-order valence-corrected chi connectivity index (χ0v) is 12.1. The van der Waals surface area contributed by atoms with Gasteiger partial charge in [0.1, 0.15) is 0 Å². The third-order valence-electron chi connectivity index (χ3n) is 3.29. The molecule has 1 aromatic rings. The molecule has 0 aliphatic carbocycles. The molecule has 0 bridgehead atoms. The van der Waals surface area contributed by atoms with Crippen LogP contribution in [0.1, 0.15) is 26.7 Å². The SMILES string of the molecule is CNCC1CCCN(c2cncc(OC(C)C)n2)C1. The van der Waals surface area contributed by atoms with Crippen LogP contribution < -0.4 is 15.0 Å². The van der Waals surface area contributed by atoms with Crippen LogP contribution in [-0.4, -0.2) is 42.8 Å². The average molecular weight is 264 g/mol. The van der Waals surface area contributed by atoms with E-state index in [1.165, 1.54) is 12.8 Å². The van der Waals surface area contributed by atoms with Crippen LogP contribution in [0.4, 0.5) is 5.82 Å². The van der Waals surface area contributed by atoms with E-state index in [0.29, 0.717) is 11.8 Å². The molecule has 0 aromatic carbocycles. The minimum atomic E-state index is 0.128. The van der Waals surface area contributed by atoms with Crippen molar-refractivity contribution in [3.05, 3.63) is 12.4 Å². The minimum absolute atomic E-state index is 0.128. The number of nitrogens with zero attached hydrogens (tertiary/aromatic N) is 3. The molecule has 1 aliphatic rings. The summed E-state index contributed by atoms with van der Waals surface area (Å²) in [4.78, 5) is 11.1. The average Bonchev–Trinajstić information content (AvgIpc) is 2.39. The maximum Gasteiger partial charge on any atom is 0.234 e. The highest BCUT2D eigenvalue weighted by atomic mass is 16.5. The summed E-state index contributed by atoms with van der Waals surface area (Å²) in [6.45, 7) is 7.16. The van der Waals surface area contributed by atoms with Crippen LogP contribution in [0, 0.1) is 5.92 Å². The Bertz CT molecular complexity index is 395. The largest absolute Gasteiger partial charge is 0.474 e. The lowest BCUT2D eigenvalue weighted by molar-refractivity contribution is 0.231. The van der Waals surface area contributed by atoms with Crippen LogP contribution in [-0.2, 0) is 0 Å². The summed E-state index contributed by atoms with van der Waals surface area (Å²) in [6, 6.07) is 0. The summed E-state index contributed by atoms with van der Waals surface area (Å²) in [5.74, 6) is 2.23. The van der Waals surface area contributed by atoms with Gasteiger partial charge in [0.2, 0.25) is 5.88 Å². The topological polar surface area (TPSA) is 50.3 Å². The van der Waals surface area contributed by atoms with E-state index in [4.69, 9.17) is 4.74 Å². The zero-order chi connectivity index (χ0) is 13.7. The molecule has 1 atom stereocenters.